The van der Waals surface area contributed by atoms with Gasteiger partial charge in [-0.2, -0.15) is 0 Å². The molecule has 0 spiro atoms. The Balaban J connectivity index is 1.34. The second-order valence-electron chi connectivity index (χ2n) is 16.0. The van der Waals surface area contributed by atoms with E-state index in [9.17, 15) is 4.79 Å². The molecule has 5 aliphatic rings. The second-order valence-corrected chi connectivity index (χ2v) is 16.0. The molecule has 6 rings (SSSR count). The average Bonchev–Trinajstić information content (AvgIpc) is 3.26. The first kappa shape index (κ1) is 28.3. The first-order chi connectivity index (χ1) is 18.7. The summed E-state index contributed by atoms with van der Waals surface area (Å²) >= 11 is 0. The van der Waals surface area contributed by atoms with Gasteiger partial charge in [0.2, 0.25) is 0 Å². The molecular weight excluding hydrogens is 490 g/mol. The highest BCUT2D eigenvalue weighted by atomic mass is 16.5. The predicted octanol–water partition coefficient (Wildman–Crippen LogP) is 8.84. The molecule has 218 valence electrons. The Kier molecular flexibility index (Phi) is 6.40. The minimum absolute atomic E-state index is 0.0198. The maximum Gasteiger partial charge on any atom is 0.337 e. The zero-order chi connectivity index (χ0) is 28.9. The zero-order valence-electron chi connectivity index (χ0n) is 26.2. The summed E-state index contributed by atoms with van der Waals surface area (Å²) in [4.78, 5) is 12.0. The molecule has 0 aromatic heterocycles. The highest BCUT2D eigenvalue weighted by molar-refractivity contribution is 5.89. The molecule has 1 aromatic carbocycles. The molecule has 0 aliphatic heterocycles. The number of benzene rings is 1. The van der Waals surface area contributed by atoms with E-state index in [0.717, 1.165) is 12.3 Å². The molecule has 1 aromatic rings. The van der Waals surface area contributed by atoms with Crippen molar-refractivity contribution in [2.24, 2.45) is 57.0 Å². The summed E-state index contributed by atoms with van der Waals surface area (Å²) in [6.07, 6.45) is 13.9. The number of rotatable bonds is 3. The fraction of sp³-hybridized carbons (Fsp3) is 0.703. The number of methoxy groups -OCH3 is 1. The van der Waals surface area contributed by atoms with Crippen LogP contribution in [-0.2, 0) is 4.74 Å². The molecule has 0 saturated heterocycles. The van der Waals surface area contributed by atoms with E-state index >= 15 is 0 Å². The highest BCUT2D eigenvalue weighted by Crippen LogP contribution is 2.76. The third-order valence-corrected chi connectivity index (χ3v) is 14.3. The molecule has 0 heterocycles. The molecule has 4 saturated carbocycles. The number of hydrogen-bond acceptors (Lipinski definition) is 3. The Morgan fingerprint density at radius 2 is 1.60 bits per heavy atom. The van der Waals surface area contributed by atoms with E-state index in [-0.39, 0.29) is 16.9 Å². The average molecular weight is 544 g/mol. The van der Waals surface area contributed by atoms with Crippen LogP contribution in [0.1, 0.15) is 115 Å². The minimum atomic E-state index is -0.270. The molecule has 0 radical (unpaired) electrons. The molecule has 3 heteroatoms. The number of nitrogens with two attached hydrogens (primary N) is 1. The van der Waals surface area contributed by atoms with Gasteiger partial charge in [-0.1, -0.05) is 65.0 Å². The zero-order valence-corrected chi connectivity index (χ0v) is 26.2. The van der Waals surface area contributed by atoms with Crippen molar-refractivity contribution in [3.05, 3.63) is 53.6 Å². The van der Waals surface area contributed by atoms with Crippen LogP contribution in [0, 0.1) is 51.2 Å². The Bertz CT molecular complexity index is 1240. The third kappa shape index (κ3) is 3.61. The summed E-state index contributed by atoms with van der Waals surface area (Å²) in [5.41, 5.74) is 13.0. The van der Waals surface area contributed by atoms with Gasteiger partial charge in [0.1, 0.15) is 0 Å². The maximum atomic E-state index is 12.0. The second kappa shape index (κ2) is 9.06. The van der Waals surface area contributed by atoms with Crippen LogP contribution in [0.15, 0.2) is 42.5 Å². The van der Waals surface area contributed by atoms with Crippen LogP contribution in [0.2, 0.25) is 0 Å². The van der Waals surface area contributed by atoms with Gasteiger partial charge in [0.15, 0.2) is 0 Å². The lowest BCUT2D eigenvalue weighted by molar-refractivity contribution is -0.217. The monoisotopic (exact) mass is 543 g/mol. The predicted molar refractivity (Wildman–Crippen MR) is 165 cm³/mol. The first-order valence-electron chi connectivity index (χ1n) is 16.1. The van der Waals surface area contributed by atoms with Crippen molar-refractivity contribution in [3.63, 3.8) is 0 Å². The van der Waals surface area contributed by atoms with Crippen molar-refractivity contribution >= 4 is 11.5 Å². The van der Waals surface area contributed by atoms with Crippen molar-refractivity contribution in [2.75, 3.05) is 7.11 Å². The lowest BCUT2D eigenvalue weighted by Gasteiger charge is -2.72. The van der Waals surface area contributed by atoms with Crippen LogP contribution >= 0.6 is 0 Å². The molecule has 3 nitrogen and oxygen atoms in total. The summed E-state index contributed by atoms with van der Waals surface area (Å²) in [7, 11) is 1.45. The van der Waals surface area contributed by atoms with Gasteiger partial charge in [0.25, 0.3) is 0 Å². The number of fused-ring (bicyclic) bond motifs is 7. The quantitative estimate of drug-likeness (QED) is 0.306. The van der Waals surface area contributed by atoms with Gasteiger partial charge in [-0.25, -0.2) is 4.79 Å². The summed E-state index contributed by atoms with van der Waals surface area (Å²) < 4.78 is 4.93. The smallest absolute Gasteiger partial charge is 0.337 e. The maximum absolute atomic E-state index is 12.0. The van der Waals surface area contributed by atoms with E-state index in [1.807, 2.05) is 12.1 Å². The SMILES string of the molecule is C=C(C)[C@@H]1CC[C@@]2(N)CC[C@]3(C)C(CC[C@@H]4[C@@]5(C)CC=C(c6ccc(C(=O)OC)cc6)C(C)(C)[C@@H]5CC[C@]43C)C12. The van der Waals surface area contributed by atoms with Crippen molar-refractivity contribution in [3.8, 4) is 0 Å². The van der Waals surface area contributed by atoms with E-state index in [1.54, 1.807) is 0 Å². The van der Waals surface area contributed by atoms with Crippen molar-refractivity contribution in [1.29, 1.82) is 0 Å². The van der Waals surface area contributed by atoms with Gasteiger partial charge in [-0.15, -0.1) is 0 Å². The number of hydrogen-bond donors (Lipinski definition) is 1. The normalized spacial score (nSPS) is 45.3. The van der Waals surface area contributed by atoms with Crippen LogP contribution < -0.4 is 5.73 Å². The van der Waals surface area contributed by atoms with Crippen molar-refractivity contribution in [1.82, 2.24) is 0 Å². The van der Waals surface area contributed by atoms with Crippen molar-refractivity contribution < 1.29 is 9.53 Å². The lowest BCUT2D eigenvalue weighted by Crippen LogP contribution is -2.67. The molecule has 5 aliphatic carbocycles. The Labute approximate surface area is 243 Å². The fourth-order valence-electron chi connectivity index (χ4n) is 12.2. The summed E-state index contributed by atoms with van der Waals surface area (Å²) in [5, 5.41) is 0. The number of carbonyl (C=O) groups is 1. The van der Waals surface area contributed by atoms with Gasteiger partial charge in [0, 0.05) is 5.54 Å². The third-order valence-electron chi connectivity index (χ3n) is 14.3. The number of ether oxygens (including phenoxy) is 1. The number of allylic oxidation sites excluding steroid dienone is 3. The molecule has 9 atom stereocenters. The molecule has 0 bridgehead atoms. The van der Waals surface area contributed by atoms with E-state index in [2.05, 4.69) is 66.3 Å². The van der Waals surface area contributed by atoms with Crippen LogP contribution in [0.25, 0.3) is 5.57 Å². The Morgan fingerprint density at radius 1 is 0.900 bits per heavy atom. The molecule has 40 heavy (non-hydrogen) atoms. The summed E-state index contributed by atoms with van der Waals surface area (Å²) in [5.74, 6) is 3.03. The number of esters is 1. The minimum Gasteiger partial charge on any atom is -0.465 e. The standard InChI is InChI=1S/C37H53NO2/c1-23(2)26-15-20-37(38)22-21-35(6)28(31(26)37)13-14-30-34(5)18-16-27(24-9-11-25(12-10-24)32(39)40-8)33(3,4)29(34)17-19-36(30,35)7/h9-12,16,26,28-31H,1,13-15,17-22,38H2,2-8H3/t26-,28?,29-,30+,31?,34-,35+,36+,37+/m0/s1. The van der Waals surface area contributed by atoms with Crippen LogP contribution in [0.3, 0.4) is 0 Å². The molecule has 2 unspecified atom stereocenters. The molecule has 2 N–H and O–H groups in total. The van der Waals surface area contributed by atoms with Crippen LogP contribution in [0.5, 0.6) is 0 Å². The largest absolute Gasteiger partial charge is 0.465 e. The van der Waals surface area contributed by atoms with Gasteiger partial charge < -0.3 is 10.5 Å². The molecule has 4 fully saturated rings. The summed E-state index contributed by atoms with van der Waals surface area (Å²) in [6.45, 7) is 19.8. The fourth-order valence-corrected chi connectivity index (χ4v) is 12.2. The summed E-state index contributed by atoms with van der Waals surface area (Å²) in [6, 6.07) is 8.10. The topological polar surface area (TPSA) is 52.3 Å². The van der Waals surface area contributed by atoms with Gasteiger partial charge in [0.05, 0.1) is 12.7 Å². The first-order valence-corrected chi connectivity index (χ1v) is 16.1. The van der Waals surface area contributed by atoms with Gasteiger partial charge in [-0.05, 0) is 139 Å². The Hall–Kier alpha value is -1.87. The van der Waals surface area contributed by atoms with Crippen LogP contribution in [0.4, 0.5) is 0 Å². The Morgan fingerprint density at radius 3 is 2.25 bits per heavy atom. The molecular formula is C37H53NO2. The lowest BCUT2D eigenvalue weighted by atomic mass is 9.33. The van der Waals surface area contributed by atoms with E-state index < -0.39 is 0 Å². The van der Waals surface area contributed by atoms with Crippen molar-refractivity contribution in [2.45, 2.75) is 105 Å². The number of carbonyl (C=O) groups excluding carboxylic acids is 1. The molecule has 0 amide bonds. The van der Waals surface area contributed by atoms with Gasteiger partial charge in [-0.3, -0.25) is 0 Å². The van der Waals surface area contributed by atoms with E-state index in [1.165, 1.54) is 75.2 Å². The van der Waals surface area contributed by atoms with Gasteiger partial charge >= 0.3 is 5.97 Å². The van der Waals surface area contributed by atoms with E-state index in [0.29, 0.717) is 45.5 Å². The van der Waals surface area contributed by atoms with E-state index in [4.69, 9.17) is 10.5 Å². The highest BCUT2D eigenvalue weighted by Gasteiger charge is 2.70. The van der Waals surface area contributed by atoms with Crippen LogP contribution in [-0.4, -0.2) is 18.6 Å².